The number of Topliss-reactive ketones (excluding diaryl/α,β-unsaturated/α-hetero) is 1. The number of carbonyl (C=O) groups excluding carboxylic acids is 2. The molecule has 0 saturated heterocycles. The van der Waals surface area contributed by atoms with Crippen LogP contribution in [0.3, 0.4) is 0 Å². The molecule has 0 saturated carbocycles. The molecule has 0 aliphatic carbocycles. The van der Waals surface area contributed by atoms with Gasteiger partial charge in [-0.05, 0) is 0 Å². The second-order valence-corrected chi connectivity index (χ2v) is 9.07. The summed E-state index contributed by atoms with van der Waals surface area (Å²) in [5, 5.41) is 0.275. The Morgan fingerprint density at radius 3 is 1.64 bits per heavy atom. The second-order valence-electron chi connectivity index (χ2n) is 3.83. The number of carbonyl (C=O) groups is 2. The largest absolute Gasteiger partial charge is 0.305 e. The van der Waals surface area contributed by atoms with Gasteiger partial charge in [-0.1, -0.05) is 45.8 Å². The Morgan fingerprint density at radius 1 is 0.929 bits per heavy atom. The molecule has 0 aromatic heterocycles. The Labute approximate surface area is 88.1 Å². The summed E-state index contributed by atoms with van der Waals surface area (Å²) < 4.78 is 0. The van der Waals surface area contributed by atoms with Crippen molar-refractivity contribution in [2.24, 2.45) is 0 Å². The highest BCUT2D eigenvalue weighted by Gasteiger charge is 2.35. The summed E-state index contributed by atoms with van der Waals surface area (Å²) in [5.41, 5.74) is 0. The van der Waals surface area contributed by atoms with Crippen molar-refractivity contribution in [1.29, 1.82) is 0 Å². The highest BCUT2D eigenvalue weighted by atomic mass is 28.3. The van der Waals surface area contributed by atoms with Crippen LogP contribution < -0.4 is 0 Å². The first-order chi connectivity index (χ1) is 6.56. The lowest BCUT2D eigenvalue weighted by molar-refractivity contribution is -0.123. The summed E-state index contributed by atoms with van der Waals surface area (Å²) >= 11 is 0. The lowest BCUT2D eigenvalue weighted by Crippen LogP contribution is -2.43. The fourth-order valence-corrected chi connectivity index (χ4v) is 5.09. The van der Waals surface area contributed by atoms with E-state index >= 15 is 0 Å². The van der Waals surface area contributed by atoms with Gasteiger partial charge in [-0.25, -0.2) is 0 Å². The van der Waals surface area contributed by atoms with Gasteiger partial charge >= 0.3 is 0 Å². The molecule has 0 amide bonds. The van der Waals surface area contributed by atoms with Crippen LogP contribution in [-0.2, 0) is 9.59 Å². The maximum atomic E-state index is 12.0. The smallest absolute Gasteiger partial charge is 0.139 e. The molecule has 0 bridgehead atoms. The van der Waals surface area contributed by atoms with Crippen LogP contribution in [0.25, 0.3) is 0 Å². The topological polar surface area (TPSA) is 34.1 Å². The number of ketones is 1. The molecule has 0 N–H and O–H groups in total. The van der Waals surface area contributed by atoms with Crippen LogP contribution in [0.2, 0.25) is 18.1 Å². The molecule has 0 aromatic rings. The van der Waals surface area contributed by atoms with E-state index in [9.17, 15) is 9.59 Å². The van der Waals surface area contributed by atoms with Gasteiger partial charge in [-0.15, -0.1) is 0 Å². The van der Waals surface area contributed by atoms with Crippen molar-refractivity contribution in [2.45, 2.75) is 58.7 Å². The van der Waals surface area contributed by atoms with E-state index in [1.54, 1.807) is 0 Å². The molecule has 82 valence electrons. The average Bonchev–Trinajstić information content (AvgIpc) is 2.21. The van der Waals surface area contributed by atoms with Crippen LogP contribution >= 0.6 is 0 Å². The van der Waals surface area contributed by atoms with Crippen LogP contribution in [0.15, 0.2) is 0 Å². The molecular weight excluding hydrogens is 192 g/mol. The molecule has 3 heteroatoms. The second kappa shape index (κ2) is 6.12. The first-order valence-electron chi connectivity index (χ1n) is 5.61. The maximum absolute atomic E-state index is 12.0. The van der Waals surface area contributed by atoms with Crippen molar-refractivity contribution in [2.75, 3.05) is 0 Å². The van der Waals surface area contributed by atoms with Crippen LogP contribution in [0.5, 0.6) is 0 Å². The van der Waals surface area contributed by atoms with E-state index in [0.29, 0.717) is 6.42 Å². The highest BCUT2D eigenvalue weighted by Crippen LogP contribution is 2.22. The van der Waals surface area contributed by atoms with Crippen molar-refractivity contribution in [3.63, 3.8) is 0 Å². The van der Waals surface area contributed by atoms with E-state index in [-0.39, 0.29) is 17.6 Å². The van der Waals surface area contributed by atoms with E-state index in [2.05, 4.69) is 20.8 Å². The van der Waals surface area contributed by atoms with Gasteiger partial charge in [0, 0.05) is 6.42 Å². The number of hydrogen-bond donors (Lipinski definition) is 0. The molecule has 0 aliphatic heterocycles. The Morgan fingerprint density at radius 2 is 1.36 bits per heavy atom. The van der Waals surface area contributed by atoms with Crippen LogP contribution in [0.1, 0.15) is 40.5 Å². The molecule has 0 spiro atoms. The predicted molar refractivity (Wildman–Crippen MR) is 62.1 cm³/mol. The van der Waals surface area contributed by atoms with Gasteiger partial charge in [0.1, 0.15) is 19.3 Å². The normalized spacial score (nSPS) is 11.4. The standard InChI is InChI=1S/C11H22O2Si/c1-5-10(12)9-11(13)14(6-2,7-3)8-4/h5-9H2,1-4H3. The fraction of sp³-hybridized carbons (Fsp3) is 0.818. The summed E-state index contributed by atoms with van der Waals surface area (Å²) in [7, 11) is -1.76. The molecule has 0 heterocycles. The Balaban J connectivity index is 4.52. The van der Waals surface area contributed by atoms with E-state index < -0.39 is 8.07 Å². The molecule has 0 radical (unpaired) electrons. The molecule has 0 fully saturated rings. The van der Waals surface area contributed by atoms with Gasteiger partial charge < -0.3 is 4.79 Å². The molecule has 0 aromatic carbocycles. The summed E-state index contributed by atoms with van der Waals surface area (Å²) in [6.07, 6.45) is 0.686. The number of rotatable bonds is 7. The predicted octanol–water partition coefficient (Wildman–Crippen LogP) is 2.97. The van der Waals surface area contributed by atoms with Gasteiger partial charge in [0.25, 0.3) is 0 Å². The molecule has 0 rings (SSSR count). The van der Waals surface area contributed by atoms with E-state index in [1.807, 2.05) is 6.92 Å². The molecule has 0 unspecified atom stereocenters. The van der Waals surface area contributed by atoms with Gasteiger partial charge in [-0.2, -0.15) is 0 Å². The zero-order valence-electron chi connectivity index (χ0n) is 9.85. The highest BCUT2D eigenvalue weighted by molar-refractivity contribution is 7.06. The Bertz CT molecular complexity index is 199. The van der Waals surface area contributed by atoms with Crippen LogP contribution in [0.4, 0.5) is 0 Å². The van der Waals surface area contributed by atoms with Gasteiger partial charge in [0.2, 0.25) is 0 Å². The molecule has 14 heavy (non-hydrogen) atoms. The molecule has 2 nitrogen and oxygen atoms in total. The minimum atomic E-state index is -1.76. The minimum Gasteiger partial charge on any atom is -0.305 e. The zero-order valence-corrected chi connectivity index (χ0v) is 10.9. The third kappa shape index (κ3) is 3.05. The van der Waals surface area contributed by atoms with Crippen molar-refractivity contribution < 1.29 is 9.59 Å². The molecule has 0 atom stereocenters. The van der Waals surface area contributed by atoms with Gasteiger partial charge in [0.05, 0.1) is 6.42 Å². The third-order valence-corrected chi connectivity index (χ3v) is 8.79. The monoisotopic (exact) mass is 214 g/mol. The first kappa shape index (κ1) is 13.6. The average molecular weight is 214 g/mol. The lowest BCUT2D eigenvalue weighted by Gasteiger charge is -2.25. The van der Waals surface area contributed by atoms with Crippen molar-refractivity contribution in [3.05, 3.63) is 0 Å². The van der Waals surface area contributed by atoms with Crippen LogP contribution in [0, 0.1) is 0 Å². The van der Waals surface area contributed by atoms with Crippen molar-refractivity contribution in [1.82, 2.24) is 0 Å². The Kier molecular flexibility index (Phi) is 5.92. The van der Waals surface area contributed by atoms with E-state index in [1.165, 1.54) is 0 Å². The van der Waals surface area contributed by atoms with Gasteiger partial charge in [-0.3, -0.25) is 4.79 Å². The summed E-state index contributed by atoms with van der Waals surface area (Å²) in [4.78, 5) is 23.2. The zero-order chi connectivity index (χ0) is 11.2. The van der Waals surface area contributed by atoms with Crippen LogP contribution in [-0.4, -0.2) is 19.3 Å². The minimum absolute atomic E-state index is 0.0993. The summed E-state index contributed by atoms with van der Waals surface area (Å²) in [6, 6.07) is 2.95. The first-order valence-corrected chi connectivity index (χ1v) is 8.23. The Hall–Kier alpha value is -0.443. The van der Waals surface area contributed by atoms with E-state index in [0.717, 1.165) is 18.1 Å². The van der Waals surface area contributed by atoms with E-state index in [4.69, 9.17) is 0 Å². The maximum Gasteiger partial charge on any atom is 0.139 e. The SMILES string of the molecule is CCC(=O)CC(=O)[Si](CC)(CC)CC. The van der Waals surface area contributed by atoms with Gasteiger partial charge in [0.15, 0.2) is 0 Å². The lowest BCUT2D eigenvalue weighted by atomic mass is 10.2. The third-order valence-electron chi connectivity index (χ3n) is 3.37. The molecule has 0 aliphatic rings. The fourth-order valence-electron chi connectivity index (χ4n) is 1.83. The van der Waals surface area contributed by atoms with Crippen molar-refractivity contribution >= 4 is 19.3 Å². The number of hydrogen-bond acceptors (Lipinski definition) is 2. The molecular formula is C11H22O2Si. The summed E-state index contributed by atoms with van der Waals surface area (Å²) in [6.45, 7) is 8.09. The van der Waals surface area contributed by atoms with Crippen molar-refractivity contribution in [3.8, 4) is 0 Å². The summed E-state index contributed by atoms with van der Waals surface area (Å²) in [5.74, 6) is 0.0993. The quantitative estimate of drug-likeness (QED) is 0.482.